The van der Waals surface area contributed by atoms with Gasteiger partial charge in [0.25, 0.3) is 5.91 Å². The van der Waals surface area contributed by atoms with E-state index in [0.717, 1.165) is 35.7 Å². The third-order valence-electron chi connectivity index (χ3n) is 3.76. The van der Waals surface area contributed by atoms with Crippen molar-refractivity contribution < 1.29 is 14.7 Å². The summed E-state index contributed by atoms with van der Waals surface area (Å²) in [7, 11) is 0. The lowest BCUT2D eigenvalue weighted by atomic mass is 10.1. The van der Waals surface area contributed by atoms with E-state index in [2.05, 4.69) is 15.9 Å². The average molecular weight is 340 g/mol. The number of nitrogens with zero attached hydrogens (tertiary/aromatic N) is 1. The molecule has 4 nitrogen and oxygen atoms in total. The van der Waals surface area contributed by atoms with E-state index in [-0.39, 0.29) is 18.5 Å². The second kappa shape index (κ2) is 6.39. The number of carbonyl (C=O) groups excluding carboxylic acids is 1. The standard InChI is InChI=1S/C15H18BrNO3/c1-10-6-7-11(16)8-13(10)15(20)17(9-14(18)19)12-4-2-3-5-12/h6-8,12H,2-5,9H2,1H3,(H,18,19). The molecule has 1 saturated carbocycles. The van der Waals surface area contributed by atoms with E-state index in [1.807, 2.05) is 19.1 Å². The monoisotopic (exact) mass is 339 g/mol. The number of rotatable bonds is 4. The van der Waals surface area contributed by atoms with E-state index >= 15 is 0 Å². The van der Waals surface area contributed by atoms with Gasteiger partial charge in [-0.3, -0.25) is 9.59 Å². The highest BCUT2D eigenvalue weighted by Crippen LogP contribution is 2.26. The maximum absolute atomic E-state index is 12.7. The lowest BCUT2D eigenvalue weighted by Gasteiger charge is -2.28. The predicted molar refractivity (Wildman–Crippen MR) is 79.8 cm³/mol. The zero-order valence-corrected chi connectivity index (χ0v) is 13.0. The molecule has 1 fully saturated rings. The van der Waals surface area contributed by atoms with Crippen molar-refractivity contribution in [2.24, 2.45) is 0 Å². The number of carbonyl (C=O) groups is 2. The minimum Gasteiger partial charge on any atom is -0.480 e. The van der Waals surface area contributed by atoms with Crippen LogP contribution in [0.15, 0.2) is 22.7 Å². The number of halogens is 1. The maximum Gasteiger partial charge on any atom is 0.323 e. The Morgan fingerprint density at radius 2 is 2.00 bits per heavy atom. The first-order valence-corrected chi connectivity index (χ1v) is 7.57. The third kappa shape index (κ3) is 3.39. The number of aliphatic carboxylic acids is 1. The van der Waals surface area contributed by atoms with Crippen LogP contribution >= 0.6 is 15.9 Å². The van der Waals surface area contributed by atoms with E-state index in [1.54, 1.807) is 6.07 Å². The molecule has 5 heteroatoms. The molecule has 0 saturated heterocycles. The van der Waals surface area contributed by atoms with Gasteiger partial charge < -0.3 is 10.0 Å². The summed E-state index contributed by atoms with van der Waals surface area (Å²) in [6.07, 6.45) is 3.91. The Kier molecular flexibility index (Phi) is 4.81. The zero-order valence-electron chi connectivity index (χ0n) is 11.4. The van der Waals surface area contributed by atoms with Gasteiger partial charge in [-0.05, 0) is 37.5 Å². The Bertz CT molecular complexity index is 524. The van der Waals surface area contributed by atoms with Crippen molar-refractivity contribution in [1.29, 1.82) is 0 Å². The highest BCUT2D eigenvalue weighted by Gasteiger charge is 2.29. The second-order valence-corrected chi connectivity index (χ2v) is 6.14. The molecule has 0 atom stereocenters. The average Bonchev–Trinajstić information content (AvgIpc) is 2.91. The summed E-state index contributed by atoms with van der Waals surface area (Å²) in [5.41, 5.74) is 1.44. The summed E-state index contributed by atoms with van der Waals surface area (Å²) in [5.74, 6) is -1.14. The molecule has 1 aliphatic carbocycles. The largest absolute Gasteiger partial charge is 0.480 e. The highest BCUT2D eigenvalue weighted by atomic mass is 79.9. The van der Waals surface area contributed by atoms with Gasteiger partial charge >= 0.3 is 5.97 Å². The molecule has 0 bridgehead atoms. The Hall–Kier alpha value is -1.36. The number of benzene rings is 1. The minimum absolute atomic E-state index is 0.0528. The molecule has 1 aromatic carbocycles. The van der Waals surface area contributed by atoms with Crippen molar-refractivity contribution in [2.75, 3.05) is 6.54 Å². The number of aryl methyl sites for hydroxylation is 1. The van der Waals surface area contributed by atoms with Crippen LogP contribution in [0.4, 0.5) is 0 Å². The van der Waals surface area contributed by atoms with E-state index < -0.39 is 5.97 Å². The number of carboxylic acids is 1. The summed E-state index contributed by atoms with van der Waals surface area (Å²) in [6.45, 7) is 1.64. The van der Waals surface area contributed by atoms with Crippen molar-refractivity contribution >= 4 is 27.8 Å². The predicted octanol–water partition coefficient (Wildman–Crippen LogP) is 3.23. The summed E-state index contributed by atoms with van der Waals surface area (Å²) >= 11 is 3.36. The van der Waals surface area contributed by atoms with E-state index in [9.17, 15) is 9.59 Å². The molecule has 0 aromatic heterocycles. The van der Waals surface area contributed by atoms with Gasteiger partial charge in [0.1, 0.15) is 6.54 Å². The van der Waals surface area contributed by atoms with Gasteiger partial charge in [-0.25, -0.2) is 0 Å². The van der Waals surface area contributed by atoms with Crippen LogP contribution in [0.25, 0.3) is 0 Å². The SMILES string of the molecule is Cc1ccc(Br)cc1C(=O)N(CC(=O)O)C1CCCC1. The Labute approximate surface area is 126 Å². The Morgan fingerprint density at radius 1 is 1.35 bits per heavy atom. The van der Waals surface area contributed by atoms with E-state index in [4.69, 9.17) is 5.11 Å². The van der Waals surface area contributed by atoms with Crippen LogP contribution in [-0.2, 0) is 4.79 Å². The Morgan fingerprint density at radius 3 is 2.60 bits per heavy atom. The van der Waals surface area contributed by atoms with Crippen molar-refractivity contribution in [1.82, 2.24) is 4.90 Å². The van der Waals surface area contributed by atoms with Crippen molar-refractivity contribution in [3.8, 4) is 0 Å². The lowest BCUT2D eigenvalue weighted by Crippen LogP contribution is -2.42. The van der Waals surface area contributed by atoms with Gasteiger partial charge in [0.05, 0.1) is 0 Å². The molecule has 0 spiro atoms. The van der Waals surface area contributed by atoms with Crippen molar-refractivity contribution in [3.63, 3.8) is 0 Å². The molecule has 1 N–H and O–H groups in total. The minimum atomic E-state index is -0.960. The fraction of sp³-hybridized carbons (Fsp3) is 0.467. The van der Waals surface area contributed by atoms with Crippen molar-refractivity contribution in [2.45, 2.75) is 38.6 Å². The van der Waals surface area contributed by atoms with Crippen LogP contribution in [0.3, 0.4) is 0 Å². The third-order valence-corrected chi connectivity index (χ3v) is 4.26. The van der Waals surface area contributed by atoms with Crippen LogP contribution in [0.2, 0.25) is 0 Å². The molecule has 108 valence electrons. The molecule has 0 radical (unpaired) electrons. The molecular weight excluding hydrogens is 322 g/mol. The summed E-state index contributed by atoms with van der Waals surface area (Å²) in [6, 6.07) is 5.56. The molecule has 0 unspecified atom stereocenters. The first kappa shape index (κ1) is 15.0. The normalized spacial score (nSPS) is 15.3. The zero-order chi connectivity index (χ0) is 14.7. The second-order valence-electron chi connectivity index (χ2n) is 5.22. The van der Waals surface area contributed by atoms with Crippen molar-refractivity contribution in [3.05, 3.63) is 33.8 Å². The van der Waals surface area contributed by atoms with E-state index in [1.165, 1.54) is 4.90 Å². The van der Waals surface area contributed by atoms with Crippen LogP contribution in [-0.4, -0.2) is 34.5 Å². The molecule has 0 aliphatic heterocycles. The molecule has 1 aromatic rings. The number of carboxylic acid groups (broad SMARTS) is 1. The summed E-state index contributed by atoms with van der Waals surface area (Å²) in [5, 5.41) is 9.06. The van der Waals surface area contributed by atoms with Gasteiger partial charge in [0.15, 0.2) is 0 Å². The lowest BCUT2D eigenvalue weighted by molar-refractivity contribution is -0.138. The molecule has 1 aliphatic rings. The van der Waals surface area contributed by atoms with Gasteiger partial charge in [-0.15, -0.1) is 0 Å². The molecule has 1 amide bonds. The first-order chi connectivity index (χ1) is 9.49. The molecular formula is C15H18BrNO3. The molecule has 2 rings (SSSR count). The van der Waals surface area contributed by atoms with Gasteiger partial charge in [0, 0.05) is 16.1 Å². The van der Waals surface area contributed by atoms with Gasteiger partial charge in [-0.2, -0.15) is 0 Å². The number of hydrogen-bond acceptors (Lipinski definition) is 2. The summed E-state index contributed by atoms with van der Waals surface area (Å²) in [4.78, 5) is 25.3. The summed E-state index contributed by atoms with van der Waals surface area (Å²) < 4.78 is 0.827. The van der Waals surface area contributed by atoms with Gasteiger partial charge in [-0.1, -0.05) is 34.8 Å². The fourth-order valence-corrected chi connectivity index (χ4v) is 3.07. The smallest absolute Gasteiger partial charge is 0.323 e. The number of amides is 1. The molecule has 0 heterocycles. The van der Waals surface area contributed by atoms with Gasteiger partial charge in [0.2, 0.25) is 0 Å². The fourth-order valence-electron chi connectivity index (χ4n) is 2.71. The number of hydrogen-bond donors (Lipinski definition) is 1. The Balaban J connectivity index is 2.29. The first-order valence-electron chi connectivity index (χ1n) is 6.78. The van der Waals surface area contributed by atoms with E-state index in [0.29, 0.717) is 5.56 Å². The topological polar surface area (TPSA) is 57.6 Å². The van der Waals surface area contributed by atoms with Crippen LogP contribution < -0.4 is 0 Å². The maximum atomic E-state index is 12.7. The van der Waals surface area contributed by atoms with Crippen LogP contribution in [0, 0.1) is 6.92 Å². The van der Waals surface area contributed by atoms with Crippen LogP contribution in [0.1, 0.15) is 41.6 Å². The highest BCUT2D eigenvalue weighted by molar-refractivity contribution is 9.10. The quantitative estimate of drug-likeness (QED) is 0.916. The molecule has 20 heavy (non-hydrogen) atoms. The van der Waals surface area contributed by atoms with Crippen LogP contribution in [0.5, 0.6) is 0 Å².